The van der Waals surface area contributed by atoms with Crippen LogP contribution in [0.5, 0.6) is 5.75 Å². The Kier molecular flexibility index (Phi) is 3.52. The average molecular weight is 386 g/mol. The zero-order chi connectivity index (χ0) is 19.7. The number of fused-ring (bicyclic) bond motifs is 1. The molecule has 2 aromatic carbocycles. The second kappa shape index (κ2) is 6.02. The topological polar surface area (TPSA) is 59.0 Å². The third kappa shape index (κ3) is 2.30. The molecule has 2 amide bonds. The van der Waals surface area contributed by atoms with Crippen LogP contribution in [0.1, 0.15) is 18.9 Å². The molecule has 29 heavy (non-hydrogen) atoms. The molecule has 0 aromatic heterocycles. The lowest BCUT2D eigenvalue weighted by Gasteiger charge is -2.37. The summed E-state index contributed by atoms with van der Waals surface area (Å²) in [5.74, 6) is 1.58. The molecule has 1 saturated heterocycles. The molecule has 0 radical (unpaired) electrons. The van der Waals surface area contributed by atoms with Crippen molar-refractivity contribution in [2.45, 2.75) is 13.3 Å². The van der Waals surface area contributed by atoms with Gasteiger partial charge in [-0.1, -0.05) is 42.5 Å². The van der Waals surface area contributed by atoms with Gasteiger partial charge < -0.3 is 4.74 Å². The number of benzene rings is 2. The summed E-state index contributed by atoms with van der Waals surface area (Å²) < 4.78 is 5.78. The number of rotatable bonds is 4. The first-order valence-electron chi connectivity index (χ1n) is 10.4. The minimum atomic E-state index is -0.225. The Hall–Kier alpha value is -2.95. The van der Waals surface area contributed by atoms with Crippen LogP contribution in [0, 0.1) is 35.5 Å². The Labute approximate surface area is 169 Å². The Balaban J connectivity index is 1.38. The maximum Gasteiger partial charge on any atom is 0.254 e. The molecule has 146 valence electrons. The van der Waals surface area contributed by atoms with Gasteiger partial charge in [-0.15, -0.1) is 0 Å². The van der Waals surface area contributed by atoms with Crippen LogP contribution in [-0.4, -0.2) is 29.6 Å². The van der Waals surface area contributed by atoms with Gasteiger partial charge in [0.2, 0.25) is 0 Å². The van der Waals surface area contributed by atoms with E-state index < -0.39 is 0 Å². The number of amides is 2. The van der Waals surface area contributed by atoms with E-state index in [1.54, 1.807) is 6.21 Å². The van der Waals surface area contributed by atoms with Crippen molar-refractivity contribution in [1.29, 1.82) is 0 Å². The minimum absolute atomic E-state index is 0.140. The van der Waals surface area contributed by atoms with Crippen molar-refractivity contribution in [3.05, 3.63) is 54.1 Å². The summed E-state index contributed by atoms with van der Waals surface area (Å²) in [4.78, 5) is 26.3. The third-order valence-corrected chi connectivity index (χ3v) is 7.17. The molecule has 2 aromatic rings. The van der Waals surface area contributed by atoms with Crippen LogP contribution in [0.3, 0.4) is 0 Å². The van der Waals surface area contributed by atoms with E-state index in [2.05, 4.69) is 17.3 Å². The predicted molar refractivity (Wildman–Crippen MR) is 109 cm³/mol. The summed E-state index contributed by atoms with van der Waals surface area (Å²) in [6.45, 7) is 2.46. The molecule has 0 N–H and O–H groups in total. The van der Waals surface area contributed by atoms with E-state index >= 15 is 0 Å². The molecule has 3 fully saturated rings. The van der Waals surface area contributed by atoms with E-state index in [1.165, 1.54) is 0 Å². The van der Waals surface area contributed by atoms with E-state index in [0.717, 1.165) is 27.8 Å². The molecule has 5 heteroatoms. The van der Waals surface area contributed by atoms with Crippen LogP contribution in [0.2, 0.25) is 0 Å². The lowest BCUT2D eigenvalue weighted by Crippen LogP contribution is -2.40. The molecule has 6 atom stereocenters. The van der Waals surface area contributed by atoms with Crippen LogP contribution >= 0.6 is 0 Å². The van der Waals surface area contributed by atoms with Crippen LogP contribution in [0.4, 0.5) is 0 Å². The van der Waals surface area contributed by atoms with Crippen LogP contribution in [-0.2, 0) is 9.59 Å². The van der Waals surface area contributed by atoms with Gasteiger partial charge in [-0.3, -0.25) is 9.59 Å². The quantitative estimate of drug-likeness (QED) is 0.458. The summed E-state index contributed by atoms with van der Waals surface area (Å²) in [6.07, 6.45) is 7.13. The van der Waals surface area contributed by atoms with Crippen molar-refractivity contribution in [3.8, 4) is 5.75 Å². The molecule has 2 saturated carbocycles. The maximum absolute atomic E-state index is 13.1. The standard InChI is InChI=1S/C24H22N2O3/c1-2-29-20-10-7-13-5-3-4-6-14(13)19(20)12-25-26-23(27)21-15-8-9-16(18-11-17(15)18)22(21)24(26)28/h3-10,12,15-18,21-22H,2,11H2,1H3/t15-,16-,17-,18-,21-,22+/m0/s1. The fourth-order valence-corrected chi connectivity index (χ4v) is 5.86. The molecule has 4 aliphatic carbocycles. The zero-order valence-corrected chi connectivity index (χ0v) is 16.2. The van der Waals surface area contributed by atoms with Crippen LogP contribution in [0.15, 0.2) is 53.7 Å². The Morgan fingerprint density at radius 3 is 2.41 bits per heavy atom. The largest absolute Gasteiger partial charge is 0.493 e. The lowest BCUT2D eigenvalue weighted by molar-refractivity contribution is -0.140. The number of imide groups is 1. The normalized spacial score (nSPS) is 34.2. The fourth-order valence-electron chi connectivity index (χ4n) is 5.86. The molecular weight excluding hydrogens is 364 g/mol. The van der Waals surface area contributed by atoms with Gasteiger partial charge in [0, 0.05) is 5.56 Å². The number of nitrogens with zero attached hydrogens (tertiary/aromatic N) is 2. The molecule has 7 rings (SSSR count). The highest BCUT2D eigenvalue weighted by atomic mass is 16.5. The number of hydrogen-bond acceptors (Lipinski definition) is 4. The molecule has 1 heterocycles. The molecule has 2 bridgehead atoms. The first-order valence-corrected chi connectivity index (χ1v) is 10.4. The number of hydrazone groups is 1. The first-order chi connectivity index (χ1) is 14.2. The van der Waals surface area contributed by atoms with Crippen molar-refractivity contribution in [1.82, 2.24) is 5.01 Å². The maximum atomic E-state index is 13.1. The van der Waals surface area contributed by atoms with Crippen molar-refractivity contribution in [2.24, 2.45) is 40.6 Å². The number of carbonyl (C=O) groups is 2. The smallest absolute Gasteiger partial charge is 0.254 e. The average Bonchev–Trinajstić information content (AvgIpc) is 3.53. The van der Waals surface area contributed by atoms with Gasteiger partial charge in [-0.05, 0) is 53.9 Å². The summed E-state index contributed by atoms with van der Waals surface area (Å²) in [5.41, 5.74) is 0.796. The van der Waals surface area contributed by atoms with E-state index in [1.807, 2.05) is 43.3 Å². The molecule has 0 unspecified atom stereocenters. The van der Waals surface area contributed by atoms with Crippen LogP contribution in [0.25, 0.3) is 10.8 Å². The predicted octanol–water partition coefficient (Wildman–Crippen LogP) is 3.63. The first kappa shape index (κ1) is 17.0. The van der Waals surface area contributed by atoms with Gasteiger partial charge in [0.25, 0.3) is 11.8 Å². The molecule has 5 aliphatic rings. The minimum Gasteiger partial charge on any atom is -0.493 e. The summed E-state index contributed by atoms with van der Waals surface area (Å²) in [6, 6.07) is 11.9. The van der Waals surface area contributed by atoms with Crippen molar-refractivity contribution >= 4 is 28.8 Å². The third-order valence-electron chi connectivity index (χ3n) is 7.17. The van der Waals surface area contributed by atoms with Gasteiger partial charge >= 0.3 is 0 Å². The molecule has 0 spiro atoms. The molecule has 5 nitrogen and oxygen atoms in total. The Morgan fingerprint density at radius 1 is 1.03 bits per heavy atom. The second-order valence-corrected chi connectivity index (χ2v) is 8.52. The monoisotopic (exact) mass is 386 g/mol. The van der Waals surface area contributed by atoms with E-state index in [4.69, 9.17) is 4.74 Å². The molecule has 1 aliphatic heterocycles. The zero-order valence-electron chi connectivity index (χ0n) is 16.2. The van der Waals surface area contributed by atoms with E-state index in [9.17, 15) is 9.59 Å². The van der Waals surface area contributed by atoms with E-state index in [-0.39, 0.29) is 35.5 Å². The summed E-state index contributed by atoms with van der Waals surface area (Å²) in [5, 5.41) is 7.59. The van der Waals surface area contributed by atoms with E-state index in [0.29, 0.717) is 24.2 Å². The lowest BCUT2D eigenvalue weighted by atomic mass is 9.63. The number of ether oxygens (including phenoxy) is 1. The Bertz CT molecular complexity index is 1070. The van der Waals surface area contributed by atoms with Gasteiger partial charge in [0.05, 0.1) is 24.7 Å². The fraction of sp³-hybridized carbons (Fsp3) is 0.375. The van der Waals surface area contributed by atoms with Gasteiger partial charge in [-0.25, -0.2) is 0 Å². The number of hydrogen-bond donors (Lipinski definition) is 0. The highest BCUT2D eigenvalue weighted by molar-refractivity contribution is 6.08. The Morgan fingerprint density at radius 2 is 1.72 bits per heavy atom. The van der Waals surface area contributed by atoms with Crippen molar-refractivity contribution in [3.63, 3.8) is 0 Å². The second-order valence-electron chi connectivity index (χ2n) is 8.52. The SMILES string of the molecule is CCOc1ccc2ccccc2c1C=NN1C(=O)[C@@H]2[C@H]3C=C[C@@H]([C@@H]4C[C@@H]34)[C@@H]2C1=O. The van der Waals surface area contributed by atoms with Crippen LogP contribution < -0.4 is 4.74 Å². The number of allylic oxidation sites excluding steroid dienone is 2. The van der Waals surface area contributed by atoms with Crippen molar-refractivity contribution < 1.29 is 14.3 Å². The number of carbonyl (C=O) groups excluding carboxylic acids is 2. The van der Waals surface area contributed by atoms with Gasteiger partial charge in [-0.2, -0.15) is 10.1 Å². The van der Waals surface area contributed by atoms with Crippen molar-refractivity contribution in [2.75, 3.05) is 6.61 Å². The highest BCUT2D eigenvalue weighted by Gasteiger charge is 2.67. The summed E-state index contributed by atoms with van der Waals surface area (Å²) >= 11 is 0. The van der Waals surface area contributed by atoms with Gasteiger partial charge in [0.15, 0.2) is 0 Å². The summed E-state index contributed by atoms with van der Waals surface area (Å²) in [7, 11) is 0. The highest BCUT2D eigenvalue weighted by Crippen LogP contribution is 2.65. The van der Waals surface area contributed by atoms with Gasteiger partial charge in [0.1, 0.15) is 5.75 Å². The molecular formula is C24H22N2O3.